The van der Waals surface area contributed by atoms with E-state index in [0.29, 0.717) is 0 Å². The van der Waals surface area contributed by atoms with Gasteiger partial charge < -0.3 is 5.32 Å². The fourth-order valence-electron chi connectivity index (χ4n) is 1.31. The molecule has 0 radical (unpaired) electrons. The molecule has 80 valence electrons. The molecule has 5 heteroatoms. The number of aromatic nitrogens is 3. The minimum absolute atomic E-state index is 0.893. The molecule has 1 N–H and O–H groups in total. The quantitative estimate of drug-likeness (QED) is 0.864. The van der Waals surface area contributed by atoms with Crippen molar-refractivity contribution in [2.75, 3.05) is 11.9 Å². The molecule has 0 fully saturated rings. The van der Waals surface area contributed by atoms with Crippen LogP contribution in [0.25, 0.3) is 11.3 Å². The Morgan fingerprint density at radius 1 is 1.47 bits per heavy atom. The third-order valence-electron chi connectivity index (χ3n) is 2.09. The molecule has 2 rings (SSSR count). The summed E-state index contributed by atoms with van der Waals surface area (Å²) in [6, 6.07) is 0. The minimum Gasteiger partial charge on any atom is -0.362 e. The number of hydrogen-bond donors (Lipinski definition) is 1. The molecule has 0 aromatic carbocycles. The fraction of sp³-hybridized carbons (Fsp3) is 0.400. The zero-order valence-corrected chi connectivity index (χ0v) is 9.71. The molecule has 0 aliphatic heterocycles. The molecule has 2 aromatic heterocycles. The summed E-state index contributed by atoms with van der Waals surface area (Å²) in [4.78, 5) is 4.47. The van der Waals surface area contributed by atoms with Gasteiger partial charge in [0.05, 0.1) is 11.9 Å². The Hall–Kier alpha value is -1.36. The maximum atomic E-state index is 4.47. The summed E-state index contributed by atoms with van der Waals surface area (Å²) in [6.07, 6.45) is 3.87. The van der Waals surface area contributed by atoms with Gasteiger partial charge in [0, 0.05) is 30.2 Å². The van der Waals surface area contributed by atoms with Gasteiger partial charge in [-0.05, 0) is 13.8 Å². The Morgan fingerprint density at radius 3 is 3.00 bits per heavy atom. The minimum atomic E-state index is 0.893. The molecular weight excluding hydrogens is 208 g/mol. The van der Waals surface area contributed by atoms with Gasteiger partial charge in [0.25, 0.3) is 0 Å². The Balaban J connectivity index is 2.21. The summed E-state index contributed by atoms with van der Waals surface area (Å²) in [5.74, 6) is 0. The van der Waals surface area contributed by atoms with Crippen molar-refractivity contribution in [2.24, 2.45) is 0 Å². The van der Waals surface area contributed by atoms with Crippen LogP contribution in [0.5, 0.6) is 0 Å². The largest absolute Gasteiger partial charge is 0.362 e. The molecule has 4 nitrogen and oxygen atoms in total. The van der Waals surface area contributed by atoms with Gasteiger partial charge in [0.2, 0.25) is 0 Å². The van der Waals surface area contributed by atoms with Crippen molar-refractivity contribution in [1.29, 1.82) is 0 Å². The van der Waals surface area contributed by atoms with Gasteiger partial charge in [-0.1, -0.05) is 0 Å². The van der Waals surface area contributed by atoms with Gasteiger partial charge in [-0.25, -0.2) is 4.98 Å². The van der Waals surface area contributed by atoms with Crippen molar-refractivity contribution in [2.45, 2.75) is 20.4 Å². The highest BCUT2D eigenvalue weighted by atomic mass is 32.1. The lowest BCUT2D eigenvalue weighted by Gasteiger charge is -1.94. The topological polar surface area (TPSA) is 42.7 Å². The van der Waals surface area contributed by atoms with Crippen molar-refractivity contribution in [3.05, 3.63) is 17.8 Å². The van der Waals surface area contributed by atoms with Crippen LogP contribution in [-0.4, -0.2) is 21.3 Å². The van der Waals surface area contributed by atoms with E-state index in [2.05, 4.69) is 34.6 Å². The van der Waals surface area contributed by atoms with Crippen LogP contribution in [0.1, 0.15) is 13.8 Å². The summed E-state index contributed by atoms with van der Waals surface area (Å²) < 4.78 is 1.90. The van der Waals surface area contributed by atoms with Gasteiger partial charge in [-0.2, -0.15) is 5.10 Å². The Morgan fingerprint density at radius 2 is 2.33 bits per heavy atom. The average Bonchev–Trinajstić information content (AvgIpc) is 2.85. The molecule has 2 aromatic rings. The van der Waals surface area contributed by atoms with Crippen LogP contribution >= 0.6 is 11.3 Å². The van der Waals surface area contributed by atoms with Crippen molar-refractivity contribution in [1.82, 2.24) is 14.8 Å². The van der Waals surface area contributed by atoms with E-state index in [-0.39, 0.29) is 0 Å². The summed E-state index contributed by atoms with van der Waals surface area (Å²) in [7, 11) is 0. The van der Waals surface area contributed by atoms with Crippen LogP contribution in [-0.2, 0) is 6.54 Å². The molecule has 0 unspecified atom stereocenters. The fourth-order valence-corrected chi connectivity index (χ4v) is 2.10. The highest BCUT2D eigenvalue weighted by Gasteiger charge is 2.05. The standard InChI is InChI=1S/C10H14N4S/c1-3-11-10-13-9(7-15-10)8-5-12-14(4-2)6-8/h5-7H,3-4H2,1-2H3,(H,11,13). The van der Waals surface area contributed by atoms with E-state index in [1.807, 2.05) is 17.1 Å². The van der Waals surface area contributed by atoms with Gasteiger partial charge >= 0.3 is 0 Å². The molecule has 0 aliphatic rings. The van der Waals surface area contributed by atoms with Crippen molar-refractivity contribution in [3.63, 3.8) is 0 Å². The van der Waals surface area contributed by atoms with Crippen LogP contribution in [0.4, 0.5) is 5.13 Å². The van der Waals surface area contributed by atoms with E-state index in [0.717, 1.165) is 29.5 Å². The predicted octanol–water partition coefficient (Wildman–Crippen LogP) is 2.46. The lowest BCUT2D eigenvalue weighted by Crippen LogP contribution is -1.94. The monoisotopic (exact) mass is 222 g/mol. The second kappa shape index (κ2) is 4.44. The molecule has 0 atom stereocenters. The number of thiazole rings is 1. The lowest BCUT2D eigenvalue weighted by molar-refractivity contribution is 0.660. The zero-order chi connectivity index (χ0) is 10.7. The number of nitrogens with zero attached hydrogens (tertiary/aromatic N) is 3. The van der Waals surface area contributed by atoms with Crippen molar-refractivity contribution >= 4 is 16.5 Å². The van der Waals surface area contributed by atoms with Crippen molar-refractivity contribution < 1.29 is 0 Å². The highest BCUT2D eigenvalue weighted by Crippen LogP contribution is 2.24. The summed E-state index contributed by atoms with van der Waals surface area (Å²) in [5, 5.41) is 10.4. The zero-order valence-electron chi connectivity index (χ0n) is 8.90. The summed E-state index contributed by atoms with van der Waals surface area (Å²) in [6.45, 7) is 5.93. The second-order valence-corrected chi connectivity index (χ2v) is 4.01. The van der Waals surface area contributed by atoms with Crippen LogP contribution in [0.2, 0.25) is 0 Å². The maximum Gasteiger partial charge on any atom is 0.183 e. The van der Waals surface area contributed by atoms with E-state index in [1.165, 1.54) is 0 Å². The molecule has 15 heavy (non-hydrogen) atoms. The Kier molecular flexibility index (Phi) is 3.01. The SMILES string of the molecule is CCNc1nc(-c2cnn(CC)c2)cs1. The van der Waals surface area contributed by atoms with E-state index in [9.17, 15) is 0 Å². The van der Waals surface area contributed by atoms with Gasteiger partial charge in [0.15, 0.2) is 5.13 Å². The van der Waals surface area contributed by atoms with Gasteiger partial charge in [0.1, 0.15) is 0 Å². The molecule has 0 bridgehead atoms. The molecule has 2 heterocycles. The highest BCUT2D eigenvalue weighted by molar-refractivity contribution is 7.14. The third kappa shape index (κ3) is 2.18. The first-order valence-electron chi connectivity index (χ1n) is 5.05. The normalized spacial score (nSPS) is 10.5. The van der Waals surface area contributed by atoms with Crippen LogP contribution in [0, 0.1) is 0 Å². The molecule has 0 amide bonds. The third-order valence-corrected chi connectivity index (χ3v) is 2.89. The lowest BCUT2D eigenvalue weighted by atomic mass is 10.3. The van der Waals surface area contributed by atoms with Gasteiger partial charge in [-0.3, -0.25) is 4.68 Å². The van der Waals surface area contributed by atoms with E-state index >= 15 is 0 Å². The Labute approximate surface area is 93.0 Å². The maximum absolute atomic E-state index is 4.47. The van der Waals surface area contributed by atoms with Crippen LogP contribution in [0.3, 0.4) is 0 Å². The van der Waals surface area contributed by atoms with E-state index < -0.39 is 0 Å². The Bertz CT molecular complexity index is 432. The molecule has 0 saturated carbocycles. The number of aryl methyl sites for hydroxylation is 1. The number of hydrogen-bond acceptors (Lipinski definition) is 4. The smallest absolute Gasteiger partial charge is 0.183 e. The summed E-state index contributed by atoms with van der Waals surface area (Å²) in [5.41, 5.74) is 2.08. The number of rotatable bonds is 4. The van der Waals surface area contributed by atoms with E-state index in [4.69, 9.17) is 0 Å². The molecule has 0 saturated heterocycles. The number of nitrogens with one attached hydrogen (secondary N) is 1. The molecular formula is C10H14N4S. The van der Waals surface area contributed by atoms with Crippen LogP contribution < -0.4 is 5.32 Å². The van der Waals surface area contributed by atoms with Crippen LogP contribution in [0.15, 0.2) is 17.8 Å². The number of anilines is 1. The molecule has 0 spiro atoms. The molecule has 0 aliphatic carbocycles. The first-order valence-corrected chi connectivity index (χ1v) is 5.93. The first kappa shape index (κ1) is 10.2. The van der Waals surface area contributed by atoms with Crippen molar-refractivity contribution in [3.8, 4) is 11.3 Å². The predicted molar refractivity (Wildman–Crippen MR) is 63.2 cm³/mol. The summed E-state index contributed by atoms with van der Waals surface area (Å²) >= 11 is 1.63. The van der Waals surface area contributed by atoms with Gasteiger partial charge in [-0.15, -0.1) is 11.3 Å². The second-order valence-electron chi connectivity index (χ2n) is 3.15. The average molecular weight is 222 g/mol. The van der Waals surface area contributed by atoms with E-state index in [1.54, 1.807) is 11.3 Å². The first-order chi connectivity index (χ1) is 7.33.